The number of para-hydroxylation sites is 1. The van der Waals surface area contributed by atoms with Crippen molar-refractivity contribution in [2.24, 2.45) is 0 Å². The van der Waals surface area contributed by atoms with Gasteiger partial charge in [-0.2, -0.15) is 0 Å². The van der Waals surface area contributed by atoms with Crippen LogP contribution in [0.5, 0.6) is 11.5 Å². The van der Waals surface area contributed by atoms with E-state index in [0.29, 0.717) is 24.7 Å². The molecule has 2 amide bonds. The molecule has 2 N–H and O–H groups in total. The van der Waals surface area contributed by atoms with E-state index >= 15 is 0 Å². The van der Waals surface area contributed by atoms with E-state index in [1.165, 1.54) is 11.8 Å². The molecule has 154 valence electrons. The lowest BCUT2D eigenvalue weighted by atomic mass is 10.1. The maximum Gasteiger partial charge on any atom is 0.238 e. The minimum atomic E-state index is -0.448. The molecule has 3 rings (SSSR count). The molecule has 1 aliphatic rings. The molecule has 2 aromatic carbocycles. The third-order valence-corrected chi connectivity index (χ3v) is 5.80. The van der Waals surface area contributed by atoms with Gasteiger partial charge in [0.05, 0.1) is 30.2 Å². The number of anilines is 1. The van der Waals surface area contributed by atoms with Crippen LogP contribution in [0.3, 0.4) is 0 Å². The highest BCUT2D eigenvalue weighted by atomic mass is 32.2. The zero-order chi connectivity index (χ0) is 20.8. The lowest BCUT2D eigenvalue weighted by Gasteiger charge is -2.24. The van der Waals surface area contributed by atoms with Crippen LogP contribution in [0.4, 0.5) is 5.69 Å². The van der Waals surface area contributed by atoms with Gasteiger partial charge in [-0.05, 0) is 50.6 Å². The first-order valence-corrected chi connectivity index (χ1v) is 10.6. The van der Waals surface area contributed by atoms with Crippen LogP contribution >= 0.6 is 11.8 Å². The second-order valence-corrected chi connectivity index (χ2v) is 7.90. The van der Waals surface area contributed by atoms with E-state index in [-0.39, 0.29) is 24.3 Å². The third-order valence-electron chi connectivity index (χ3n) is 4.52. The first-order valence-electron chi connectivity index (χ1n) is 9.77. The van der Waals surface area contributed by atoms with Crippen LogP contribution in [-0.2, 0) is 9.59 Å². The minimum Gasteiger partial charge on any atom is -0.490 e. The number of benzene rings is 2. The van der Waals surface area contributed by atoms with Gasteiger partial charge in [0.1, 0.15) is 0 Å². The van der Waals surface area contributed by atoms with Gasteiger partial charge in [-0.1, -0.05) is 18.2 Å². The van der Waals surface area contributed by atoms with Gasteiger partial charge in [0.2, 0.25) is 11.8 Å². The van der Waals surface area contributed by atoms with Crippen LogP contribution in [0, 0.1) is 0 Å². The number of carbonyl (C=O) groups is 2. The highest BCUT2D eigenvalue weighted by Crippen LogP contribution is 2.36. The molecule has 29 heavy (non-hydrogen) atoms. The Morgan fingerprint density at radius 3 is 2.62 bits per heavy atom. The molecule has 0 unspecified atom stereocenters. The maximum absolute atomic E-state index is 12.6. The summed E-state index contributed by atoms with van der Waals surface area (Å²) in [6, 6.07) is 13.0. The zero-order valence-corrected chi connectivity index (χ0v) is 17.7. The summed E-state index contributed by atoms with van der Waals surface area (Å²) in [4.78, 5) is 25.9. The summed E-state index contributed by atoms with van der Waals surface area (Å²) in [7, 11) is 0. The van der Waals surface area contributed by atoms with Crippen molar-refractivity contribution >= 4 is 29.3 Å². The average molecular weight is 415 g/mol. The first kappa shape index (κ1) is 21.0. The van der Waals surface area contributed by atoms with Crippen molar-refractivity contribution in [2.45, 2.75) is 43.4 Å². The monoisotopic (exact) mass is 414 g/mol. The molecule has 2 atom stereocenters. The zero-order valence-electron chi connectivity index (χ0n) is 16.9. The minimum absolute atomic E-state index is 0.116. The van der Waals surface area contributed by atoms with E-state index in [1.54, 1.807) is 0 Å². The van der Waals surface area contributed by atoms with E-state index in [1.807, 2.05) is 63.2 Å². The molecule has 2 aromatic rings. The molecule has 7 heteroatoms. The topological polar surface area (TPSA) is 76.7 Å². The lowest BCUT2D eigenvalue weighted by molar-refractivity contribution is -0.124. The van der Waals surface area contributed by atoms with Crippen LogP contribution in [0.15, 0.2) is 47.4 Å². The maximum atomic E-state index is 12.6. The fraction of sp³-hybridized carbons (Fsp3) is 0.364. The second-order valence-electron chi connectivity index (χ2n) is 6.66. The number of rotatable bonds is 8. The predicted octanol–water partition coefficient (Wildman–Crippen LogP) is 4.16. The first-order chi connectivity index (χ1) is 14.0. The number of carbonyl (C=O) groups excluding carboxylic acids is 2. The number of amides is 2. The van der Waals surface area contributed by atoms with Gasteiger partial charge in [0.25, 0.3) is 0 Å². The van der Waals surface area contributed by atoms with Gasteiger partial charge < -0.3 is 20.1 Å². The van der Waals surface area contributed by atoms with Crippen LogP contribution in [-0.4, -0.2) is 30.3 Å². The molecule has 0 fully saturated rings. The molecule has 1 aliphatic heterocycles. The quantitative estimate of drug-likeness (QED) is 0.678. The number of fused-ring (bicyclic) bond motifs is 1. The molecule has 0 spiro atoms. The SMILES string of the molecule is CCOc1ccc([C@@H](C)NC(=O)C[C@@H]2Sc3ccccc3NC2=O)cc1OCC. The predicted molar refractivity (Wildman–Crippen MR) is 115 cm³/mol. The molecule has 6 nitrogen and oxygen atoms in total. The Morgan fingerprint density at radius 1 is 1.14 bits per heavy atom. The highest BCUT2D eigenvalue weighted by Gasteiger charge is 2.29. The summed E-state index contributed by atoms with van der Waals surface area (Å²) < 4.78 is 11.2. The number of hydrogen-bond acceptors (Lipinski definition) is 5. The van der Waals surface area contributed by atoms with E-state index in [0.717, 1.165) is 16.1 Å². The molecule has 0 aliphatic carbocycles. The largest absolute Gasteiger partial charge is 0.490 e. The summed E-state index contributed by atoms with van der Waals surface area (Å²) in [6.07, 6.45) is 0.116. The van der Waals surface area contributed by atoms with Gasteiger partial charge in [-0.3, -0.25) is 9.59 Å². The number of hydrogen-bond donors (Lipinski definition) is 2. The summed E-state index contributed by atoms with van der Waals surface area (Å²) in [6.45, 7) is 6.82. The Hall–Kier alpha value is -2.67. The lowest BCUT2D eigenvalue weighted by Crippen LogP contribution is -2.35. The summed E-state index contributed by atoms with van der Waals surface area (Å²) in [5.41, 5.74) is 1.71. The molecule has 0 saturated carbocycles. The van der Waals surface area contributed by atoms with Crippen LogP contribution in [0.25, 0.3) is 0 Å². The van der Waals surface area contributed by atoms with Gasteiger partial charge in [-0.15, -0.1) is 11.8 Å². The number of thioether (sulfide) groups is 1. The standard InChI is InChI=1S/C22H26N2O4S/c1-4-27-17-11-10-15(12-18(17)28-5-2)14(3)23-21(25)13-20-22(26)24-16-8-6-7-9-19(16)29-20/h6-12,14,20H,4-5,13H2,1-3H3,(H,23,25)(H,24,26)/t14-,20+/m1/s1. The van der Waals surface area contributed by atoms with Gasteiger partial charge in [0.15, 0.2) is 11.5 Å². The smallest absolute Gasteiger partial charge is 0.238 e. The van der Waals surface area contributed by atoms with Crippen molar-refractivity contribution in [3.63, 3.8) is 0 Å². The Balaban J connectivity index is 1.63. The number of ether oxygens (including phenoxy) is 2. The fourth-order valence-electron chi connectivity index (χ4n) is 3.12. The molecule has 0 bridgehead atoms. The van der Waals surface area contributed by atoms with E-state index < -0.39 is 5.25 Å². The Labute approximate surface area is 175 Å². The van der Waals surface area contributed by atoms with Crippen molar-refractivity contribution in [1.29, 1.82) is 0 Å². The Morgan fingerprint density at radius 2 is 1.86 bits per heavy atom. The molecule has 1 heterocycles. The average Bonchev–Trinajstić information content (AvgIpc) is 2.70. The molecule has 0 radical (unpaired) electrons. The normalized spacial score (nSPS) is 16.4. The fourth-order valence-corrected chi connectivity index (χ4v) is 4.23. The van der Waals surface area contributed by atoms with Crippen LogP contribution in [0.2, 0.25) is 0 Å². The van der Waals surface area contributed by atoms with Crippen LogP contribution in [0.1, 0.15) is 38.8 Å². The van der Waals surface area contributed by atoms with Gasteiger partial charge in [0, 0.05) is 11.3 Å². The molecular weight excluding hydrogens is 388 g/mol. The van der Waals surface area contributed by atoms with Crippen molar-refractivity contribution in [3.05, 3.63) is 48.0 Å². The molecular formula is C22H26N2O4S. The third kappa shape index (κ3) is 5.23. The highest BCUT2D eigenvalue weighted by molar-refractivity contribution is 8.01. The summed E-state index contributed by atoms with van der Waals surface area (Å²) in [5.74, 6) is 1.03. The Kier molecular flexibility index (Phi) is 7.04. The van der Waals surface area contributed by atoms with Gasteiger partial charge in [-0.25, -0.2) is 0 Å². The summed E-state index contributed by atoms with van der Waals surface area (Å²) in [5, 5.41) is 5.40. The van der Waals surface area contributed by atoms with E-state index in [9.17, 15) is 9.59 Å². The molecule has 0 aromatic heterocycles. The van der Waals surface area contributed by atoms with Crippen molar-refractivity contribution in [3.8, 4) is 11.5 Å². The van der Waals surface area contributed by atoms with Gasteiger partial charge >= 0.3 is 0 Å². The van der Waals surface area contributed by atoms with Crippen molar-refractivity contribution in [2.75, 3.05) is 18.5 Å². The number of nitrogens with one attached hydrogen (secondary N) is 2. The second kappa shape index (κ2) is 9.69. The Bertz CT molecular complexity index is 887. The summed E-state index contributed by atoms with van der Waals surface area (Å²) >= 11 is 1.42. The molecule has 0 saturated heterocycles. The van der Waals surface area contributed by atoms with Crippen LogP contribution < -0.4 is 20.1 Å². The van der Waals surface area contributed by atoms with Crippen molar-refractivity contribution < 1.29 is 19.1 Å². The van der Waals surface area contributed by atoms with Crippen molar-refractivity contribution in [1.82, 2.24) is 5.32 Å². The van der Waals surface area contributed by atoms with E-state index in [2.05, 4.69) is 10.6 Å². The van der Waals surface area contributed by atoms with E-state index in [4.69, 9.17) is 9.47 Å².